The maximum Gasteiger partial charge on any atom is 0.305 e. The SMILES string of the molecule is CCCC=CCCCCCCCCCC(=O)OCCCC. The third-order valence-corrected chi connectivity index (χ3v) is 3.63. The average molecular weight is 296 g/mol. The Morgan fingerprint density at radius 1 is 0.762 bits per heavy atom. The predicted octanol–water partition coefficient (Wildman–Crippen LogP) is 6.20. The summed E-state index contributed by atoms with van der Waals surface area (Å²) < 4.78 is 5.14. The number of carbonyl (C=O) groups excluding carboxylic acids is 1. The molecule has 0 aromatic rings. The molecule has 0 aliphatic rings. The number of esters is 1. The van der Waals surface area contributed by atoms with Gasteiger partial charge in [-0.1, -0.05) is 70.9 Å². The summed E-state index contributed by atoms with van der Waals surface area (Å²) in [5, 5.41) is 0. The molecule has 21 heavy (non-hydrogen) atoms. The summed E-state index contributed by atoms with van der Waals surface area (Å²) in [6.07, 6.45) is 19.7. The Morgan fingerprint density at radius 2 is 1.38 bits per heavy atom. The molecule has 0 radical (unpaired) electrons. The summed E-state index contributed by atoms with van der Waals surface area (Å²) in [5.41, 5.74) is 0. The predicted molar refractivity (Wildman–Crippen MR) is 91.5 cm³/mol. The minimum absolute atomic E-state index is 0.0117. The fraction of sp³-hybridized carbons (Fsp3) is 0.842. The molecule has 0 fully saturated rings. The van der Waals surface area contributed by atoms with Crippen molar-refractivity contribution in [1.82, 2.24) is 0 Å². The molecule has 124 valence electrons. The topological polar surface area (TPSA) is 26.3 Å². The number of carbonyl (C=O) groups is 1. The summed E-state index contributed by atoms with van der Waals surface area (Å²) in [4.78, 5) is 11.4. The molecule has 0 spiro atoms. The molecule has 0 aliphatic carbocycles. The molecule has 0 saturated carbocycles. The Labute approximate surface area is 132 Å². The molecule has 0 bridgehead atoms. The first-order valence-corrected chi connectivity index (χ1v) is 9.11. The van der Waals surface area contributed by atoms with Gasteiger partial charge in [0.25, 0.3) is 0 Å². The maximum atomic E-state index is 11.4. The number of allylic oxidation sites excluding steroid dienone is 2. The van der Waals surface area contributed by atoms with Crippen molar-refractivity contribution in [3.8, 4) is 0 Å². The van der Waals surface area contributed by atoms with Gasteiger partial charge in [-0.2, -0.15) is 0 Å². The molecule has 0 amide bonds. The molecule has 2 heteroatoms. The normalized spacial score (nSPS) is 11.1. The highest BCUT2D eigenvalue weighted by molar-refractivity contribution is 5.69. The number of hydrogen-bond donors (Lipinski definition) is 0. The van der Waals surface area contributed by atoms with E-state index in [0.717, 1.165) is 19.3 Å². The number of ether oxygens (including phenoxy) is 1. The van der Waals surface area contributed by atoms with Gasteiger partial charge in [-0.05, 0) is 32.1 Å². The number of hydrogen-bond acceptors (Lipinski definition) is 2. The van der Waals surface area contributed by atoms with E-state index >= 15 is 0 Å². The van der Waals surface area contributed by atoms with Crippen molar-refractivity contribution in [2.75, 3.05) is 6.61 Å². The minimum atomic E-state index is -0.0117. The van der Waals surface area contributed by atoms with Crippen LogP contribution in [0.25, 0.3) is 0 Å². The van der Waals surface area contributed by atoms with Crippen LogP contribution in [0.15, 0.2) is 12.2 Å². The molecule has 0 rings (SSSR count). The highest BCUT2D eigenvalue weighted by Crippen LogP contribution is 2.10. The lowest BCUT2D eigenvalue weighted by Crippen LogP contribution is -2.05. The first-order chi connectivity index (χ1) is 10.3. The molecule has 0 N–H and O–H groups in total. The van der Waals surface area contributed by atoms with Crippen LogP contribution in [0.4, 0.5) is 0 Å². The van der Waals surface area contributed by atoms with E-state index in [1.54, 1.807) is 0 Å². The van der Waals surface area contributed by atoms with E-state index in [9.17, 15) is 4.79 Å². The van der Waals surface area contributed by atoms with Gasteiger partial charge in [0.2, 0.25) is 0 Å². The van der Waals surface area contributed by atoms with Gasteiger partial charge in [-0.3, -0.25) is 4.79 Å². The van der Waals surface area contributed by atoms with Gasteiger partial charge in [0.15, 0.2) is 0 Å². The Morgan fingerprint density at radius 3 is 2.05 bits per heavy atom. The summed E-state index contributed by atoms with van der Waals surface area (Å²) in [6, 6.07) is 0. The van der Waals surface area contributed by atoms with Crippen molar-refractivity contribution in [3.63, 3.8) is 0 Å². The van der Waals surface area contributed by atoms with Gasteiger partial charge in [0, 0.05) is 6.42 Å². The zero-order valence-corrected chi connectivity index (χ0v) is 14.4. The highest BCUT2D eigenvalue weighted by Gasteiger charge is 2.01. The lowest BCUT2D eigenvalue weighted by Gasteiger charge is -2.04. The smallest absolute Gasteiger partial charge is 0.305 e. The van der Waals surface area contributed by atoms with Crippen LogP contribution in [-0.4, -0.2) is 12.6 Å². The van der Waals surface area contributed by atoms with E-state index < -0.39 is 0 Å². The molecule has 0 aromatic carbocycles. The van der Waals surface area contributed by atoms with Gasteiger partial charge in [0.05, 0.1) is 6.61 Å². The molecule has 2 nitrogen and oxygen atoms in total. The lowest BCUT2D eigenvalue weighted by molar-refractivity contribution is -0.143. The van der Waals surface area contributed by atoms with Crippen LogP contribution in [0.3, 0.4) is 0 Å². The van der Waals surface area contributed by atoms with Crippen LogP contribution in [0.1, 0.15) is 97.3 Å². The van der Waals surface area contributed by atoms with Crippen LogP contribution < -0.4 is 0 Å². The summed E-state index contributed by atoms with van der Waals surface area (Å²) >= 11 is 0. The summed E-state index contributed by atoms with van der Waals surface area (Å²) in [5.74, 6) is -0.0117. The second kappa shape index (κ2) is 17.3. The molecule has 0 atom stereocenters. The Hall–Kier alpha value is -0.790. The fourth-order valence-electron chi connectivity index (χ4n) is 2.22. The Kier molecular flexibility index (Phi) is 16.6. The van der Waals surface area contributed by atoms with Crippen molar-refractivity contribution < 1.29 is 9.53 Å². The second-order valence-corrected chi connectivity index (χ2v) is 5.85. The highest BCUT2D eigenvalue weighted by atomic mass is 16.5. The van der Waals surface area contributed by atoms with Crippen molar-refractivity contribution in [2.24, 2.45) is 0 Å². The minimum Gasteiger partial charge on any atom is -0.466 e. The quantitative estimate of drug-likeness (QED) is 0.204. The lowest BCUT2D eigenvalue weighted by atomic mass is 10.1. The van der Waals surface area contributed by atoms with E-state index in [4.69, 9.17) is 4.74 Å². The molecular weight excluding hydrogens is 260 g/mol. The van der Waals surface area contributed by atoms with E-state index in [0.29, 0.717) is 13.0 Å². The van der Waals surface area contributed by atoms with E-state index in [1.165, 1.54) is 57.8 Å². The van der Waals surface area contributed by atoms with Crippen LogP contribution >= 0.6 is 0 Å². The molecule has 0 saturated heterocycles. The summed E-state index contributed by atoms with van der Waals surface area (Å²) in [6.45, 7) is 4.92. The van der Waals surface area contributed by atoms with Crippen LogP contribution in [0.2, 0.25) is 0 Å². The van der Waals surface area contributed by atoms with Crippen LogP contribution in [0.5, 0.6) is 0 Å². The first kappa shape index (κ1) is 20.2. The summed E-state index contributed by atoms with van der Waals surface area (Å²) in [7, 11) is 0. The largest absolute Gasteiger partial charge is 0.466 e. The molecule has 0 heterocycles. The van der Waals surface area contributed by atoms with Gasteiger partial charge in [-0.25, -0.2) is 0 Å². The monoisotopic (exact) mass is 296 g/mol. The van der Waals surface area contributed by atoms with E-state index in [2.05, 4.69) is 26.0 Å². The molecular formula is C19H36O2. The fourth-order valence-corrected chi connectivity index (χ4v) is 2.22. The van der Waals surface area contributed by atoms with Crippen LogP contribution in [-0.2, 0) is 9.53 Å². The third kappa shape index (κ3) is 17.2. The standard InChI is InChI=1S/C19H36O2/c1-3-5-7-8-9-10-11-12-13-14-15-16-17-19(20)21-18-6-4-2/h7-8H,3-6,9-18H2,1-2H3. The van der Waals surface area contributed by atoms with Gasteiger partial charge in [0.1, 0.15) is 0 Å². The van der Waals surface area contributed by atoms with Crippen molar-refractivity contribution in [2.45, 2.75) is 97.3 Å². The average Bonchev–Trinajstić information content (AvgIpc) is 2.48. The van der Waals surface area contributed by atoms with Gasteiger partial charge in [-0.15, -0.1) is 0 Å². The van der Waals surface area contributed by atoms with Gasteiger partial charge < -0.3 is 4.74 Å². The number of unbranched alkanes of at least 4 members (excludes halogenated alkanes) is 9. The third-order valence-electron chi connectivity index (χ3n) is 3.63. The Balaban J connectivity index is 3.13. The number of rotatable bonds is 15. The van der Waals surface area contributed by atoms with E-state index in [-0.39, 0.29) is 5.97 Å². The van der Waals surface area contributed by atoms with Crippen molar-refractivity contribution >= 4 is 5.97 Å². The maximum absolute atomic E-state index is 11.4. The second-order valence-electron chi connectivity index (χ2n) is 5.85. The van der Waals surface area contributed by atoms with Crippen molar-refractivity contribution in [1.29, 1.82) is 0 Å². The molecule has 0 aliphatic heterocycles. The Bertz CT molecular complexity index is 246. The van der Waals surface area contributed by atoms with Crippen molar-refractivity contribution in [3.05, 3.63) is 12.2 Å². The zero-order valence-electron chi connectivity index (χ0n) is 14.4. The molecule has 0 aromatic heterocycles. The zero-order chi connectivity index (χ0) is 15.6. The molecule has 0 unspecified atom stereocenters. The van der Waals surface area contributed by atoms with E-state index in [1.807, 2.05) is 0 Å². The van der Waals surface area contributed by atoms with Gasteiger partial charge >= 0.3 is 5.97 Å². The first-order valence-electron chi connectivity index (χ1n) is 9.11. The van der Waals surface area contributed by atoms with Crippen LogP contribution in [0, 0.1) is 0 Å².